The summed E-state index contributed by atoms with van der Waals surface area (Å²) < 4.78 is 25.9. The van der Waals surface area contributed by atoms with Crippen LogP contribution >= 0.6 is 0 Å². The van der Waals surface area contributed by atoms with E-state index in [-0.39, 0.29) is 12.5 Å². The lowest BCUT2D eigenvalue weighted by molar-refractivity contribution is 0.0950. The zero-order valence-corrected chi connectivity index (χ0v) is 11.3. The topological polar surface area (TPSA) is 42.0 Å². The van der Waals surface area contributed by atoms with E-state index in [4.69, 9.17) is 0 Å². The third-order valence-electron chi connectivity index (χ3n) is 3.62. The number of fused-ring (bicyclic) bond motifs is 1. The van der Waals surface area contributed by atoms with E-state index in [0.29, 0.717) is 11.1 Å². The predicted octanol–water partition coefficient (Wildman–Crippen LogP) is 2.78. The van der Waals surface area contributed by atoms with Crippen molar-refractivity contribution in [3.63, 3.8) is 0 Å². The summed E-state index contributed by atoms with van der Waals surface area (Å²) in [6.07, 6.45) is 4.55. The van der Waals surface area contributed by atoms with E-state index in [1.165, 1.54) is 6.07 Å². The minimum Gasteiger partial charge on any atom is -0.348 e. The van der Waals surface area contributed by atoms with Crippen molar-refractivity contribution >= 4 is 5.91 Å². The summed E-state index contributed by atoms with van der Waals surface area (Å²) in [6.45, 7) is 0.146. The van der Waals surface area contributed by atoms with Gasteiger partial charge in [-0.3, -0.25) is 9.78 Å². The zero-order valence-electron chi connectivity index (χ0n) is 11.3. The molecule has 1 aliphatic carbocycles. The van der Waals surface area contributed by atoms with Gasteiger partial charge in [0.1, 0.15) is 0 Å². The Morgan fingerprint density at radius 1 is 1.19 bits per heavy atom. The molecule has 108 valence electrons. The second kappa shape index (κ2) is 5.60. The smallest absolute Gasteiger partial charge is 0.253 e. The molecule has 0 atom stereocenters. The number of hydrogen-bond donors (Lipinski definition) is 1. The predicted molar refractivity (Wildman–Crippen MR) is 73.8 cm³/mol. The van der Waals surface area contributed by atoms with Crippen molar-refractivity contribution in [3.05, 3.63) is 64.5 Å². The van der Waals surface area contributed by atoms with Crippen LogP contribution in [0.3, 0.4) is 0 Å². The summed E-state index contributed by atoms with van der Waals surface area (Å²) >= 11 is 0. The van der Waals surface area contributed by atoms with Crippen LogP contribution in [-0.4, -0.2) is 10.9 Å². The van der Waals surface area contributed by atoms with Crippen molar-refractivity contribution in [2.24, 2.45) is 0 Å². The lowest BCUT2D eigenvalue weighted by atomic mass is 10.1. The summed E-state index contributed by atoms with van der Waals surface area (Å²) in [5, 5.41) is 2.69. The van der Waals surface area contributed by atoms with Crippen LogP contribution in [0.15, 0.2) is 30.5 Å². The summed E-state index contributed by atoms with van der Waals surface area (Å²) in [6, 6.07) is 5.43. The number of carbonyl (C=O) groups excluding carboxylic acids is 1. The average Bonchev–Trinajstić information content (AvgIpc) is 2.95. The van der Waals surface area contributed by atoms with Gasteiger partial charge in [-0.1, -0.05) is 6.07 Å². The Balaban J connectivity index is 1.67. The van der Waals surface area contributed by atoms with Gasteiger partial charge in [0.15, 0.2) is 11.6 Å². The number of pyridine rings is 1. The fourth-order valence-corrected chi connectivity index (χ4v) is 2.48. The second-order valence-corrected chi connectivity index (χ2v) is 5.11. The highest BCUT2D eigenvalue weighted by Gasteiger charge is 2.15. The Bertz CT molecular complexity index is 701. The second-order valence-electron chi connectivity index (χ2n) is 5.11. The Labute approximate surface area is 121 Å². The van der Waals surface area contributed by atoms with Gasteiger partial charge in [-0.2, -0.15) is 0 Å². The number of halogens is 2. The molecule has 1 heterocycles. The highest BCUT2D eigenvalue weighted by atomic mass is 19.2. The van der Waals surface area contributed by atoms with Crippen LogP contribution in [0.25, 0.3) is 0 Å². The lowest BCUT2D eigenvalue weighted by Crippen LogP contribution is -2.23. The number of nitrogens with zero attached hydrogens (tertiary/aromatic N) is 1. The summed E-state index contributed by atoms with van der Waals surface area (Å²) in [7, 11) is 0. The van der Waals surface area contributed by atoms with Crippen molar-refractivity contribution < 1.29 is 13.6 Å². The molecule has 21 heavy (non-hydrogen) atoms. The largest absolute Gasteiger partial charge is 0.348 e. The maximum absolute atomic E-state index is 13.1. The van der Waals surface area contributed by atoms with Crippen molar-refractivity contribution in [2.75, 3.05) is 0 Å². The molecule has 0 saturated heterocycles. The summed E-state index contributed by atoms with van der Waals surface area (Å²) in [5.74, 6) is -2.07. The first-order valence-electron chi connectivity index (χ1n) is 6.83. The van der Waals surface area contributed by atoms with Crippen LogP contribution in [0.2, 0.25) is 0 Å². The SMILES string of the molecule is O=C(NCc1ccc(F)c(F)c1)c1cnc2c(c1)CCC2. The van der Waals surface area contributed by atoms with E-state index < -0.39 is 11.6 Å². The molecule has 1 amide bonds. The molecule has 2 aromatic rings. The Morgan fingerprint density at radius 2 is 2.05 bits per heavy atom. The summed E-state index contributed by atoms with van der Waals surface area (Å²) in [4.78, 5) is 16.3. The number of carbonyl (C=O) groups is 1. The molecule has 1 N–H and O–H groups in total. The van der Waals surface area contributed by atoms with Gasteiger partial charge in [-0.15, -0.1) is 0 Å². The number of nitrogens with one attached hydrogen (secondary N) is 1. The average molecular weight is 288 g/mol. The van der Waals surface area contributed by atoms with Gasteiger partial charge in [-0.05, 0) is 48.6 Å². The maximum atomic E-state index is 13.1. The van der Waals surface area contributed by atoms with E-state index in [1.807, 2.05) is 6.07 Å². The Hall–Kier alpha value is -2.30. The van der Waals surface area contributed by atoms with E-state index in [1.54, 1.807) is 6.20 Å². The van der Waals surface area contributed by atoms with E-state index in [9.17, 15) is 13.6 Å². The van der Waals surface area contributed by atoms with Crippen LogP contribution in [0.1, 0.15) is 33.6 Å². The molecule has 1 aromatic carbocycles. The standard InChI is InChI=1S/C16H14F2N2O/c17-13-5-4-10(6-14(13)18)8-20-16(21)12-7-11-2-1-3-15(11)19-9-12/h4-7,9H,1-3,8H2,(H,20,21). The highest BCUT2D eigenvalue weighted by molar-refractivity contribution is 5.94. The molecule has 0 spiro atoms. The number of hydrogen-bond acceptors (Lipinski definition) is 2. The summed E-state index contributed by atoms with van der Waals surface area (Å²) in [5.41, 5.74) is 3.19. The van der Waals surface area contributed by atoms with Crippen LogP contribution in [0, 0.1) is 11.6 Å². The third-order valence-corrected chi connectivity index (χ3v) is 3.62. The van der Waals surface area contributed by atoms with Gasteiger partial charge in [0.05, 0.1) is 5.56 Å². The van der Waals surface area contributed by atoms with Crippen LogP contribution in [0.5, 0.6) is 0 Å². The first kappa shape index (κ1) is 13.7. The molecule has 5 heteroatoms. The molecule has 0 aliphatic heterocycles. The van der Waals surface area contributed by atoms with Gasteiger partial charge in [-0.25, -0.2) is 8.78 Å². The van der Waals surface area contributed by atoms with Gasteiger partial charge < -0.3 is 5.32 Å². The van der Waals surface area contributed by atoms with Crippen LogP contribution in [0.4, 0.5) is 8.78 Å². The molecule has 1 aromatic heterocycles. The number of aromatic nitrogens is 1. The molecule has 0 bridgehead atoms. The zero-order chi connectivity index (χ0) is 14.8. The number of aryl methyl sites for hydroxylation is 2. The van der Waals surface area contributed by atoms with Crippen molar-refractivity contribution in [3.8, 4) is 0 Å². The van der Waals surface area contributed by atoms with E-state index in [0.717, 1.165) is 42.7 Å². The molecule has 0 unspecified atom stereocenters. The fraction of sp³-hybridized carbons (Fsp3) is 0.250. The maximum Gasteiger partial charge on any atom is 0.253 e. The van der Waals surface area contributed by atoms with Crippen LogP contribution < -0.4 is 5.32 Å². The van der Waals surface area contributed by atoms with E-state index in [2.05, 4.69) is 10.3 Å². The fourth-order valence-electron chi connectivity index (χ4n) is 2.48. The molecule has 0 saturated carbocycles. The monoisotopic (exact) mass is 288 g/mol. The lowest BCUT2D eigenvalue weighted by Gasteiger charge is -2.07. The third kappa shape index (κ3) is 2.91. The highest BCUT2D eigenvalue weighted by Crippen LogP contribution is 2.20. The Morgan fingerprint density at radius 3 is 2.86 bits per heavy atom. The normalized spacial score (nSPS) is 13.0. The van der Waals surface area contributed by atoms with Gasteiger partial charge in [0.2, 0.25) is 0 Å². The Kier molecular flexibility index (Phi) is 3.64. The minimum absolute atomic E-state index is 0.146. The number of rotatable bonds is 3. The van der Waals surface area contributed by atoms with Gasteiger partial charge >= 0.3 is 0 Å². The van der Waals surface area contributed by atoms with E-state index >= 15 is 0 Å². The molecule has 3 nitrogen and oxygen atoms in total. The van der Waals surface area contributed by atoms with Crippen LogP contribution in [-0.2, 0) is 19.4 Å². The molecule has 0 radical (unpaired) electrons. The van der Waals surface area contributed by atoms with Crippen molar-refractivity contribution in [1.29, 1.82) is 0 Å². The number of benzene rings is 1. The number of amides is 1. The quantitative estimate of drug-likeness (QED) is 0.943. The van der Waals surface area contributed by atoms with Crippen molar-refractivity contribution in [2.45, 2.75) is 25.8 Å². The molecular formula is C16H14F2N2O. The minimum atomic E-state index is -0.916. The molecule has 0 fully saturated rings. The van der Waals surface area contributed by atoms with Gasteiger partial charge in [0, 0.05) is 18.4 Å². The first-order valence-corrected chi connectivity index (χ1v) is 6.83. The molecule has 1 aliphatic rings. The van der Waals surface area contributed by atoms with Gasteiger partial charge in [0.25, 0.3) is 5.91 Å². The van der Waals surface area contributed by atoms with Crippen molar-refractivity contribution in [1.82, 2.24) is 10.3 Å². The molecular weight excluding hydrogens is 274 g/mol. The first-order chi connectivity index (χ1) is 10.1. The molecule has 3 rings (SSSR count).